The lowest BCUT2D eigenvalue weighted by molar-refractivity contribution is -0.296. The Balaban J connectivity index is 1.57. The molecule has 0 radical (unpaired) electrons. The standard InChI is InChI=1S/C29H34F6N2O8S/c1-3-8-37(46(40,41)12-11-43-16-28(31,32)29(33,34)35)10-9-36-15-20(18-4-7-23-24(14-18)45-17-44-23)25(27(38)39)26(36)19-5-6-22(42-2)21(30)13-19/h4-7,13-14,20,25-26H,3,8-12,15-17H2,1-2H3,(H,38,39). The number of alkyl halides is 5. The van der Waals surface area contributed by atoms with Crippen molar-refractivity contribution in [3.05, 3.63) is 53.3 Å². The lowest BCUT2D eigenvalue weighted by Gasteiger charge is -2.30. The molecule has 2 aliphatic rings. The van der Waals surface area contributed by atoms with Crippen molar-refractivity contribution in [2.45, 2.75) is 37.4 Å². The molecule has 2 aliphatic heterocycles. The van der Waals surface area contributed by atoms with Gasteiger partial charge < -0.3 is 24.1 Å². The maximum Gasteiger partial charge on any atom is 0.455 e. The van der Waals surface area contributed by atoms with Crippen LogP contribution in [0, 0.1) is 11.7 Å². The second kappa shape index (κ2) is 14.2. The molecule has 256 valence electrons. The number of hydrogen-bond donors (Lipinski definition) is 1. The highest BCUT2D eigenvalue weighted by molar-refractivity contribution is 7.89. The van der Waals surface area contributed by atoms with Gasteiger partial charge in [-0.05, 0) is 41.8 Å². The van der Waals surface area contributed by atoms with Gasteiger partial charge in [0.15, 0.2) is 23.1 Å². The fourth-order valence-corrected chi connectivity index (χ4v) is 7.07. The first kappa shape index (κ1) is 35.6. The Morgan fingerprint density at radius 2 is 1.76 bits per heavy atom. The predicted octanol–water partition coefficient (Wildman–Crippen LogP) is 4.66. The summed E-state index contributed by atoms with van der Waals surface area (Å²) in [4.78, 5) is 14.5. The largest absolute Gasteiger partial charge is 0.494 e. The van der Waals surface area contributed by atoms with Crippen LogP contribution < -0.4 is 14.2 Å². The van der Waals surface area contributed by atoms with Gasteiger partial charge in [0, 0.05) is 38.1 Å². The molecule has 0 bridgehead atoms. The zero-order valence-electron chi connectivity index (χ0n) is 24.9. The van der Waals surface area contributed by atoms with Crippen LogP contribution in [0.3, 0.4) is 0 Å². The van der Waals surface area contributed by atoms with E-state index in [9.17, 15) is 44.7 Å². The summed E-state index contributed by atoms with van der Waals surface area (Å²) in [6, 6.07) is 8.20. The number of sulfonamides is 1. The van der Waals surface area contributed by atoms with Gasteiger partial charge in [0.1, 0.15) is 6.61 Å². The number of carboxylic acids is 1. The molecule has 3 atom stereocenters. The fraction of sp³-hybridized carbons (Fsp3) is 0.552. The summed E-state index contributed by atoms with van der Waals surface area (Å²) in [5, 5.41) is 10.4. The number of nitrogens with zero attached hydrogens (tertiary/aromatic N) is 2. The monoisotopic (exact) mass is 684 g/mol. The molecule has 17 heteroatoms. The third-order valence-electron chi connectivity index (χ3n) is 7.91. The zero-order valence-corrected chi connectivity index (χ0v) is 25.8. The zero-order chi connectivity index (χ0) is 33.9. The number of likely N-dealkylation sites (tertiary alicyclic amines) is 1. The summed E-state index contributed by atoms with van der Waals surface area (Å²) in [6.07, 6.45) is -5.50. The topological polar surface area (TPSA) is 115 Å². The number of halogens is 6. The van der Waals surface area contributed by atoms with Crippen LogP contribution in [0.25, 0.3) is 0 Å². The molecule has 0 amide bonds. The second-order valence-electron chi connectivity index (χ2n) is 10.9. The van der Waals surface area contributed by atoms with E-state index >= 15 is 0 Å². The summed E-state index contributed by atoms with van der Waals surface area (Å²) in [5.74, 6) is -8.75. The first-order valence-corrected chi connectivity index (χ1v) is 15.9. The van der Waals surface area contributed by atoms with Crippen molar-refractivity contribution in [3.63, 3.8) is 0 Å². The van der Waals surface area contributed by atoms with E-state index in [1.165, 1.54) is 25.3 Å². The molecule has 0 saturated carbocycles. The fourth-order valence-electron chi connectivity index (χ4n) is 5.66. The normalized spacial score (nSPS) is 20.4. The second-order valence-corrected chi connectivity index (χ2v) is 13.0. The minimum atomic E-state index is -5.84. The van der Waals surface area contributed by atoms with E-state index < -0.39 is 70.8 Å². The number of ether oxygens (including phenoxy) is 4. The predicted molar refractivity (Wildman–Crippen MR) is 151 cm³/mol. The molecule has 10 nitrogen and oxygen atoms in total. The maximum atomic E-state index is 14.9. The van der Waals surface area contributed by atoms with E-state index in [1.807, 2.05) is 0 Å². The molecule has 4 rings (SSSR count). The number of hydrogen-bond acceptors (Lipinski definition) is 8. The van der Waals surface area contributed by atoms with Gasteiger partial charge in [-0.25, -0.2) is 17.1 Å². The number of carbonyl (C=O) groups is 1. The first-order chi connectivity index (χ1) is 21.6. The highest BCUT2D eigenvalue weighted by atomic mass is 32.2. The van der Waals surface area contributed by atoms with Crippen molar-refractivity contribution in [1.29, 1.82) is 0 Å². The van der Waals surface area contributed by atoms with Gasteiger partial charge in [-0.2, -0.15) is 22.0 Å². The van der Waals surface area contributed by atoms with Gasteiger partial charge in [0.05, 0.1) is 25.4 Å². The van der Waals surface area contributed by atoms with Gasteiger partial charge >= 0.3 is 18.1 Å². The van der Waals surface area contributed by atoms with Gasteiger partial charge in [-0.3, -0.25) is 9.69 Å². The third-order valence-corrected chi connectivity index (χ3v) is 9.75. The number of carboxylic acid groups (broad SMARTS) is 1. The summed E-state index contributed by atoms with van der Waals surface area (Å²) in [7, 11) is -2.91. The summed E-state index contributed by atoms with van der Waals surface area (Å²) in [6.45, 7) is -1.31. The SMILES string of the molecule is CCCN(CCN1CC(c2ccc3c(c2)OCO3)C(C(=O)O)C1c1ccc(OC)c(F)c1)S(=O)(=O)CCOCC(F)(F)C(F)(F)F. The quantitative estimate of drug-likeness (QED) is 0.211. The number of fused-ring (bicyclic) bond motifs is 1. The van der Waals surface area contributed by atoms with Crippen LogP contribution in [-0.4, -0.2) is 99.8 Å². The van der Waals surface area contributed by atoms with Gasteiger partial charge in [0.2, 0.25) is 16.8 Å². The highest BCUT2D eigenvalue weighted by Crippen LogP contribution is 2.48. The van der Waals surface area contributed by atoms with Crippen LogP contribution >= 0.6 is 0 Å². The third kappa shape index (κ3) is 7.81. The van der Waals surface area contributed by atoms with Crippen LogP contribution in [0.1, 0.15) is 36.4 Å². The molecule has 2 aromatic rings. The molecule has 0 aromatic heterocycles. The van der Waals surface area contributed by atoms with E-state index in [0.29, 0.717) is 29.0 Å². The maximum absolute atomic E-state index is 14.9. The number of aliphatic carboxylic acids is 1. The molecule has 2 aromatic carbocycles. The molecule has 1 fully saturated rings. The molecule has 1 saturated heterocycles. The number of benzene rings is 2. The van der Waals surface area contributed by atoms with Crippen molar-refractivity contribution in [2.75, 3.05) is 59.0 Å². The van der Waals surface area contributed by atoms with Crippen molar-refractivity contribution < 1.29 is 63.6 Å². The van der Waals surface area contributed by atoms with Crippen molar-refractivity contribution in [2.24, 2.45) is 5.92 Å². The Labute approximate surface area is 261 Å². The van der Waals surface area contributed by atoms with Crippen molar-refractivity contribution >= 4 is 16.0 Å². The molecule has 0 spiro atoms. The molecule has 1 N–H and O–H groups in total. The number of rotatable bonds is 15. The van der Waals surface area contributed by atoms with Crippen molar-refractivity contribution in [1.82, 2.24) is 9.21 Å². The van der Waals surface area contributed by atoms with Crippen LogP contribution in [0.2, 0.25) is 0 Å². The average Bonchev–Trinajstić information content (AvgIpc) is 3.61. The van der Waals surface area contributed by atoms with Gasteiger partial charge in [-0.1, -0.05) is 19.1 Å². The molecule has 3 unspecified atom stereocenters. The summed E-state index contributed by atoms with van der Waals surface area (Å²) >= 11 is 0. The highest BCUT2D eigenvalue weighted by Gasteiger charge is 2.57. The minimum absolute atomic E-state index is 0.00320. The molecule has 46 heavy (non-hydrogen) atoms. The Kier molecular flexibility index (Phi) is 11.0. The van der Waals surface area contributed by atoms with Crippen LogP contribution in [0.15, 0.2) is 36.4 Å². The van der Waals surface area contributed by atoms with Gasteiger partial charge in [0.25, 0.3) is 0 Å². The van der Waals surface area contributed by atoms with Gasteiger partial charge in [-0.15, -0.1) is 0 Å². The Morgan fingerprint density at radius 3 is 2.39 bits per heavy atom. The molecular formula is C29H34F6N2O8S. The van der Waals surface area contributed by atoms with E-state index in [0.717, 1.165) is 4.31 Å². The van der Waals surface area contributed by atoms with Crippen LogP contribution in [0.4, 0.5) is 26.3 Å². The van der Waals surface area contributed by atoms with E-state index in [1.54, 1.807) is 30.0 Å². The van der Waals surface area contributed by atoms with E-state index in [-0.39, 0.29) is 38.7 Å². The average molecular weight is 685 g/mol. The Bertz CT molecular complexity index is 1490. The minimum Gasteiger partial charge on any atom is -0.494 e. The van der Waals surface area contributed by atoms with E-state index in [4.69, 9.17) is 14.2 Å². The Morgan fingerprint density at radius 1 is 1.07 bits per heavy atom. The lowest BCUT2D eigenvalue weighted by Crippen LogP contribution is -2.43. The number of methoxy groups -OCH3 is 1. The van der Waals surface area contributed by atoms with Crippen LogP contribution in [0.5, 0.6) is 17.2 Å². The van der Waals surface area contributed by atoms with Crippen molar-refractivity contribution in [3.8, 4) is 17.2 Å². The molecular weight excluding hydrogens is 650 g/mol. The van der Waals surface area contributed by atoms with Crippen LogP contribution in [-0.2, 0) is 19.6 Å². The lowest BCUT2D eigenvalue weighted by atomic mass is 9.82. The summed E-state index contributed by atoms with van der Waals surface area (Å²) < 4.78 is 126. The smallest absolute Gasteiger partial charge is 0.455 e. The molecule has 0 aliphatic carbocycles. The molecule has 2 heterocycles. The Hall–Kier alpha value is -3.28. The summed E-state index contributed by atoms with van der Waals surface area (Å²) in [5.41, 5.74) is 0.932. The first-order valence-electron chi connectivity index (χ1n) is 14.3. The van der Waals surface area contributed by atoms with E-state index in [2.05, 4.69) is 4.74 Å².